The van der Waals surface area contributed by atoms with E-state index in [1.165, 1.54) is 0 Å². The first-order chi connectivity index (χ1) is 66.3. The summed E-state index contributed by atoms with van der Waals surface area (Å²) in [6.07, 6.45) is 24.6. The van der Waals surface area contributed by atoms with Crippen molar-refractivity contribution in [2.45, 2.75) is 0 Å². The molecule has 0 atom stereocenters. The zero-order valence-electron chi connectivity index (χ0n) is 71.6. The molecule has 0 amide bonds. The summed E-state index contributed by atoms with van der Waals surface area (Å²) in [5, 5.41) is 0. The largest absolute Gasteiger partial charge is 0.354 e. The highest BCUT2D eigenvalue weighted by Crippen LogP contribution is 2.41. The van der Waals surface area contributed by atoms with E-state index < -0.39 is 0 Å². The average Bonchev–Trinajstić information content (AvgIpc) is 1.59. The summed E-state index contributed by atoms with van der Waals surface area (Å²) in [4.78, 5) is 56.6. The van der Waals surface area contributed by atoms with Crippen LogP contribution >= 0.6 is 0 Å². The summed E-state index contributed by atoms with van der Waals surface area (Å²) < 4.78 is 0. The molecule has 134 heavy (non-hydrogen) atoms. The van der Waals surface area contributed by atoms with Crippen molar-refractivity contribution in [3.05, 3.63) is 462 Å². The number of nitrogens with one attached hydrogen (secondary N) is 6. The number of aromatic amines is 6. The molecule has 0 saturated carbocycles. The number of hydrogen-bond acceptors (Lipinski definition) is 6. The standard InChI is InChI=1S/C122H70N12/c1-8-22-79(23-9-1)36-49-90-97-56-47-88(123-97)78-89-48-57-98(124-89)91(50-37-80-24-10-2-11-25-80)104-67-75-116(132-104)121(115-74-66-103(90)131-115)122-117-76-68-109(133-117)95(54-41-84-32-18-6-19-33-84)107-64-72-113(129-107)120(114-73-65-108(130-114)96(110-69-77-118(122)134-110)55-42-85-34-20-7-21-35-85)87-45-43-86(44-46-87)119-111-70-62-105(127-111)93(52-39-82-28-14-4-15-29-82)101-60-58-99(125-101)92(51-38-81-26-12-3-13-27-81)100-59-61-102(126-100)94(106-63-71-112(119)128-106)53-40-83-30-16-5-17-31-83/h1-35,43-48,56-78,123,125,128-129,132,134H. The van der Waals surface area contributed by atoms with Gasteiger partial charge in [-0.05, 0) is 248 Å². The first-order valence-corrected chi connectivity index (χ1v) is 43.9. The van der Waals surface area contributed by atoms with E-state index in [1.807, 2.05) is 273 Å². The smallest absolute Gasteiger partial charge is 0.0815 e. The van der Waals surface area contributed by atoms with E-state index in [0.717, 1.165) is 133 Å². The van der Waals surface area contributed by atoms with Crippen LogP contribution < -0.4 is 0 Å². The highest BCUT2D eigenvalue weighted by molar-refractivity contribution is 6.04. The van der Waals surface area contributed by atoms with Crippen molar-refractivity contribution in [1.82, 2.24) is 59.8 Å². The Hall–Kier alpha value is -19.5. The summed E-state index contributed by atoms with van der Waals surface area (Å²) in [5.41, 5.74) is 32.9. The number of rotatable bonds is 3. The monoisotopic (exact) mass is 1700 g/mol. The third-order valence-corrected chi connectivity index (χ3v) is 23.5. The van der Waals surface area contributed by atoms with Crippen LogP contribution in [0.3, 0.4) is 0 Å². The van der Waals surface area contributed by atoms with Gasteiger partial charge in [-0.15, -0.1) is 0 Å². The molecule has 0 aliphatic carbocycles. The molecule has 0 radical (unpaired) electrons. The van der Waals surface area contributed by atoms with Gasteiger partial charge in [-0.1, -0.05) is 235 Å². The van der Waals surface area contributed by atoms with Crippen molar-refractivity contribution >= 4 is 139 Å². The summed E-state index contributed by atoms with van der Waals surface area (Å²) in [7, 11) is 0. The zero-order valence-corrected chi connectivity index (χ0v) is 71.6. The third kappa shape index (κ3) is 16.2. The van der Waals surface area contributed by atoms with Crippen LogP contribution in [0.2, 0.25) is 0 Å². The van der Waals surface area contributed by atoms with Gasteiger partial charge >= 0.3 is 0 Å². The fraction of sp³-hybridized carbons (Fsp3) is 0. The molecule has 6 aliphatic heterocycles. The van der Waals surface area contributed by atoms with Gasteiger partial charge in [-0.3, -0.25) is 0 Å². The third-order valence-electron chi connectivity index (χ3n) is 23.5. The predicted molar refractivity (Wildman–Crippen MR) is 547 cm³/mol. The minimum Gasteiger partial charge on any atom is -0.354 e. The highest BCUT2D eigenvalue weighted by atomic mass is 14.8. The van der Waals surface area contributed by atoms with Gasteiger partial charge in [-0.2, -0.15) is 0 Å². The molecule has 6 N–H and O–H groups in total. The van der Waals surface area contributed by atoms with E-state index >= 15 is 0 Å². The second-order valence-electron chi connectivity index (χ2n) is 32.2. The van der Waals surface area contributed by atoms with Crippen LogP contribution in [0.1, 0.15) is 146 Å². The van der Waals surface area contributed by atoms with Crippen LogP contribution in [0, 0.1) is 82.9 Å². The van der Waals surface area contributed by atoms with Gasteiger partial charge in [-0.25, -0.2) is 29.9 Å². The first kappa shape index (κ1) is 79.1. The molecule has 12 heteroatoms. The summed E-state index contributed by atoms with van der Waals surface area (Å²) in [5.74, 6) is 49.6. The van der Waals surface area contributed by atoms with Crippen molar-refractivity contribution in [3.8, 4) is 116 Å². The van der Waals surface area contributed by atoms with Gasteiger partial charge in [0.2, 0.25) is 0 Å². The first-order valence-electron chi connectivity index (χ1n) is 43.9. The van der Waals surface area contributed by atoms with Crippen LogP contribution in [0.15, 0.2) is 315 Å². The van der Waals surface area contributed by atoms with Crippen LogP contribution in [0.5, 0.6) is 0 Å². The minimum atomic E-state index is 0.622. The van der Waals surface area contributed by atoms with Crippen molar-refractivity contribution in [3.63, 3.8) is 0 Å². The molecule has 0 fully saturated rings. The maximum Gasteiger partial charge on any atom is 0.0815 e. The van der Waals surface area contributed by atoms with Crippen LogP contribution in [-0.2, 0) is 0 Å². The molecule has 0 spiro atoms. The van der Waals surface area contributed by atoms with Gasteiger partial charge in [0.25, 0.3) is 0 Å². The molecule has 15 heterocycles. The van der Waals surface area contributed by atoms with E-state index in [0.29, 0.717) is 113 Å². The molecule has 12 nitrogen and oxygen atoms in total. The topological polar surface area (TPSA) is 172 Å². The van der Waals surface area contributed by atoms with Gasteiger partial charge in [0.15, 0.2) is 0 Å². The molecule has 24 bridgehead atoms. The summed E-state index contributed by atoms with van der Waals surface area (Å²) in [6.45, 7) is 0. The SMILES string of the molecule is C(#Cc1c2nc(c(-c3c4nc(c(C#Cc5ccccc5)c5ccc([nH]5)c(-c5ccc(-c6c7nc(c(C#Cc8ccccc8)c8ccc([nH]8)c(C#Cc8ccccc8)c8nc(c(C#Cc9ccccc9)c9ccc6[nH]9)C=C8)C=C7)cc5)c5nc(c(C#Cc6ccccc6)c6ccc3[nH]6)C=C5)C=C4)c3ccc([nH]3)c(C#Cc3ccccc3)c3nc(cc4ccc1[nH]4)C=C3)C=C2)c1ccccc1. The van der Waals surface area contributed by atoms with E-state index in [2.05, 4.69) is 228 Å². The molecular weight excluding hydrogens is 1630 g/mol. The minimum absolute atomic E-state index is 0.622. The zero-order chi connectivity index (χ0) is 89.0. The maximum atomic E-state index is 5.79. The summed E-state index contributed by atoms with van der Waals surface area (Å²) >= 11 is 0. The molecule has 23 rings (SSSR count). The van der Waals surface area contributed by atoms with Gasteiger partial charge < -0.3 is 29.9 Å². The van der Waals surface area contributed by atoms with E-state index in [-0.39, 0.29) is 0 Å². The Labute approximate surface area is 771 Å². The molecule has 0 saturated heterocycles. The van der Waals surface area contributed by atoms with Crippen LogP contribution in [0.25, 0.3) is 172 Å². The van der Waals surface area contributed by atoms with Crippen molar-refractivity contribution in [1.29, 1.82) is 0 Å². The van der Waals surface area contributed by atoms with Gasteiger partial charge in [0.1, 0.15) is 0 Å². The number of nitrogens with zero attached hydrogens (tertiary/aromatic N) is 6. The molecule has 17 aromatic rings. The lowest BCUT2D eigenvalue weighted by Gasteiger charge is -2.08. The Morgan fingerprint density at radius 3 is 0.612 bits per heavy atom. The lowest BCUT2D eigenvalue weighted by atomic mass is 9.98. The molecule has 0 unspecified atom stereocenters. The Morgan fingerprint density at radius 1 is 0.149 bits per heavy atom. The second kappa shape index (κ2) is 35.0. The van der Waals surface area contributed by atoms with E-state index in [1.54, 1.807) is 0 Å². The molecule has 9 aromatic heterocycles. The van der Waals surface area contributed by atoms with E-state index in [4.69, 9.17) is 29.9 Å². The van der Waals surface area contributed by atoms with Gasteiger partial charge in [0.05, 0.1) is 146 Å². The highest BCUT2D eigenvalue weighted by Gasteiger charge is 2.25. The van der Waals surface area contributed by atoms with Crippen molar-refractivity contribution in [2.75, 3.05) is 0 Å². The normalized spacial score (nSPS) is 11.6. The number of hydrogen-bond donors (Lipinski definition) is 6. The summed E-state index contributed by atoms with van der Waals surface area (Å²) in [6, 6.07) is 106. The van der Waals surface area contributed by atoms with Crippen molar-refractivity contribution < 1.29 is 0 Å². The fourth-order valence-electron chi connectivity index (χ4n) is 17.0. The second-order valence-corrected chi connectivity index (χ2v) is 32.2. The average molecular weight is 1700 g/mol. The number of fused-ring (bicyclic) bond motifs is 24. The Balaban J connectivity index is 0.762. The van der Waals surface area contributed by atoms with E-state index in [9.17, 15) is 0 Å². The van der Waals surface area contributed by atoms with Crippen LogP contribution in [0.4, 0.5) is 0 Å². The number of benzene rings is 8. The molecule has 618 valence electrons. The Kier molecular flexibility index (Phi) is 20.7. The van der Waals surface area contributed by atoms with Crippen LogP contribution in [-0.4, -0.2) is 59.8 Å². The molecular formula is C122H70N12. The van der Waals surface area contributed by atoms with Crippen molar-refractivity contribution in [2.24, 2.45) is 0 Å². The Morgan fingerprint density at radius 2 is 0.343 bits per heavy atom. The quantitative estimate of drug-likeness (QED) is 0.0961. The maximum absolute atomic E-state index is 5.79. The predicted octanol–water partition coefficient (Wildman–Crippen LogP) is 25.4. The van der Waals surface area contributed by atoms with Gasteiger partial charge in [0, 0.05) is 88.8 Å². The lowest BCUT2D eigenvalue weighted by molar-refractivity contribution is 1.28. The Bertz CT molecular complexity index is 8870. The fourth-order valence-corrected chi connectivity index (χ4v) is 17.0. The molecule has 6 aliphatic rings. The number of aromatic nitrogens is 12. The molecule has 8 aromatic carbocycles. The lowest BCUT2D eigenvalue weighted by Crippen LogP contribution is -1.92. The number of H-pyrrole nitrogens is 6.